The van der Waals surface area contributed by atoms with Crippen LogP contribution in [0.5, 0.6) is 17.2 Å². The highest BCUT2D eigenvalue weighted by atomic mass is 35.5. The molecule has 0 saturated heterocycles. The maximum Gasteiger partial charge on any atom is 0.193 e. The van der Waals surface area contributed by atoms with Gasteiger partial charge in [0.05, 0.1) is 25.8 Å². The van der Waals surface area contributed by atoms with Gasteiger partial charge in [0.1, 0.15) is 12.4 Å². The summed E-state index contributed by atoms with van der Waals surface area (Å²) in [5.74, 6) is 4.43. The Morgan fingerprint density at radius 2 is 1.88 bits per heavy atom. The predicted octanol–water partition coefficient (Wildman–Crippen LogP) is 3.30. The molecule has 0 aromatic heterocycles. The van der Waals surface area contributed by atoms with E-state index in [0.717, 1.165) is 5.56 Å². The number of terminal acetylenes is 1. The van der Waals surface area contributed by atoms with E-state index in [1.165, 1.54) is 0 Å². The van der Waals surface area contributed by atoms with Crippen molar-refractivity contribution < 1.29 is 14.2 Å². The molecular weight excluding hydrogens is 354 g/mol. The minimum atomic E-state index is 0.158. The van der Waals surface area contributed by atoms with Crippen LogP contribution in [0.3, 0.4) is 0 Å². The number of nitrogens with two attached hydrogens (primary N) is 1. The third kappa shape index (κ3) is 5.23. The molecule has 0 aliphatic rings. The molecule has 0 heterocycles. The minimum absolute atomic E-state index is 0.158. The van der Waals surface area contributed by atoms with Crippen LogP contribution in [0, 0.1) is 12.3 Å². The molecule has 6 nitrogen and oxygen atoms in total. The van der Waals surface area contributed by atoms with Crippen molar-refractivity contribution in [3.8, 4) is 29.6 Å². The number of nitrogens with zero attached hydrogens (tertiary/aromatic N) is 1. The first-order chi connectivity index (χ1) is 12.6. The van der Waals surface area contributed by atoms with Gasteiger partial charge in [-0.1, -0.05) is 23.6 Å². The molecule has 26 heavy (non-hydrogen) atoms. The van der Waals surface area contributed by atoms with Crippen LogP contribution < -0.4 is 25.3 Å². The topological polar surface area (TPSA) is 78.1 Å². The van der Waals surface area contributed by atoms with Crippen LogP contribution in [0.15, 0.2) is 41.4 Å². The Hall–Kier alpha value is -3.04. The van der Waals surface area contributed by atoms with E-state index in [1.54, 1.807) is 38.5 Å². The monoisotopic (exact) mass is 373 g/mol. The van der Waals surface area contributed by atoms with Gasteiger partial charge in [-0.25, -0.2) is 4.99 Å². The lowest BCUT2D eigenvalue weighted by atomic mass is 10.2. The van der Waals surface area contributed by atoms with E-state index in [-0.39, 0.29) is 12.6 Å². The summed E-state index contributed by atoms with van der Waals surface area (Å²) in [6, 6.07) is 10.7. The molecule has 0 aliphatic heterocycles. The van der Waals surface area contributed by atoms with Crippen LogP contribution in [-0.4, -0.2) is 26.8 Å². The number of benzene rings is 2. The molecule has 0 atom stereocenters. The van der Waals surface area contributed by atoms with E-state index in [2.05, 4.69) is 16.2 Å². The van der Waals surface area contributed by atoms with Gasteiger partial charge in [0, 0.05) is 5.69 Å². The molecule has 0 amide bonds. The highest BCUT2D eigenvalue weighted by Crippen LogP contribution is 2.29. The van der Waals surface area contributed by atoms with Crippen molar-refractivity contribution in [2.75, 3.05) is 26.1 Å². The average Bonchev–Trinajstić information content (AvgIpc) is 2.65. The van der Waals surface area contributed by atoms with Crippen molar-refractivity contribution in [3.05, 3.63) is 47.0 Å². The lowest BCUT2D eigenvalue weighted by molar-refractivity contribution is 0.330. The molecule has 0 aliphatic carbocycles. The Bertz CT molecular complexity index is 831. The number of hydrogen-bond donors (Lipinski definition) is 2. The summed E-state index contributed by atoms with van der Waals surface area (Å²) >= 11 is 6.09. The zero-order valence-electron chi connectivity index (χ0n) is 14.6. The number of rotatable bonds is 7. The third-order valence-corrected chi connectivity index (χ3v) is 3.69. The molecule has 0 unspecified atom stereocenters. The summed E-state index contributed by atoms with van der Waals surface area (Å²) in [5, 5.41) is 3.46. The molecule has 0 bridgehead atoms. The van der Waals surface area contributed by atoms with Gasteiger partial charge in [-0.15, -0.1) is 6.42 Å². The molecule has 7 heteroatoms. The number of hydrogen-bond acceptors (Lipinski definition) is 4. The van der Waals surface area contributed by atoms with Crippen molar-refractivity contribution in [1.82, 2.24) is 0 Å². The van der Waals surface area contributed by atoms with Gasteiger partial charge < -0.3 is 25.3 Å². The number of halogens is 1. The number of ether oxygens (including phenoxy) is 3. The second-order valence-corrected chi connectivity index (χ2v) is 5.56. The van der Waals surface area contributed by atoms with Crippen LogP contribution in [0.4, 0.5) is 5.69 Å². The largest absolute Gasteiger partial charge is 0.495 e. The summed E-state index contributed by atoms with van der Waals surface area (Å²) in [5.41, 5.74) is 7.54. The highest BCUT2D eigenvalue weighted by molar-refractivity contribution is 6.32. The molecule has 3 N–H and O–H groups in total. The Morgan fingerprint density at radius 3 is 2.54 bits per heavy atom. The fourth-order valence-corrected chi connectivity index (χ4v) is 2.42. The Labute approximate surface area is 157 Å². The van der Waals surface area contributed by atoms with Crippen LogP contribution in [0.2, 0.25) is 5.02 Å². The quantitative estimate of drug-likeness (QED) is 0.442. The van der Waals surface area contributed by atoms with Crippen LogP contribution >= 0.6 is 11.6 Å². The second-order valence-electron chi connectivity index (χ2n) is 5.15. The molecule has 136 valence electrons. The average molecular weight is 374 g/mol. The van der Waals surface area contributed by atoms with Crippen molar-refractivity contribution in [2.45, 2.75) is 6.54 Å². The Balaban J connectivity index is 2.06. The number of nitrogens with one attached hydrogen (secondary N) is 1. The molecule has 0 spiro atoms. The van der Waals surface area contributed by atoms with Gasteiger partial charge in [-0.2, -0.15) is 0 Å². The molecule has 2 aromatic carbocycles. The number of anilines is 1. The number of methoxy groups -OCH3 is 2. The van der Waals surface area contributed by atoms with Crippen molar-refractivity contribution in [2.24, 2.45) is 10.7 Å². The van der Waals surface area contributed by atoms with E-state index in [1.807, 2.05) is 12.1 Å². The summed E-state index contributed by atoms with van der Waals surface area (Å²) < 4.78 is 15.8. The molecule has 2 aromatic rings. The van der Waals surface area contributed by atoms with E-state index in [0.29, 0.717) is 34.5 Å². The molecule has 0 fully saturated rings. The normalized spacial score (nSPS) is 10.8. The number of aliphatic imine (C=N–C) groups is 1. The van der Waals surface area contributed by atoms with Gasteiger partial charge in [0.15, 0.2) is 17.5 Å². The highest BCUT2D eigenvalue weighted by Gasteiger charge is 2.06. The lowest BCUT2D eigenvalue weighted by Crippen LogP contribution is -2.22. The van der Waals surface area contributed by atoms with Gasteiger partial charge in [0.25, 0.3) is 0 Å². The van der Waals surface area contributed by atoms with Crippen LogP contribution in [-0.2, 0) is 6.54 Å². The first kappa shape index (κ1) is 19.3. The van der Waals surface area contributed by atoms with Crippen LogP contribution in [0.25, 0.3) is 0 Å². The lowest BCUT2D eigenvalue weighted by Gasteiger charge is -2.11. The van der Waals surface area contributed by atoms with E-state index < -0.39 is 0 Å². The summed E-state index contributed by atoms with van der Waals surface area (Å²) in [6.07, 6.45) is 5.23. The molecular formula is C19H20ClN3O3. The zero-order chi connectivity index (χ0) is 18.9. The van der Waals surface area contributed by atoms with Gasteiger partial charge in [0.2, 0.25) is 0 Å². The third-order valence-electron chi connectivity index (χ3n) is 3.40. The van der Waals surface area contributed by atoms with Gasteiger partial charge in [-0.3, -0.25) is 0 Å². The number of guanidine groups is 1. The fourth-order valence-electron chi connectivity index (χ4n) is 2.16. The SMILES string of the molecule is C#CCOc1cc(CN=C(N)Nc2ccc(OC)c(Cl)c2)ccc1OC. The summed E-state index contributed by atoms with van der Waals surface area (Å²) in [4.78, 5) is 4.31. The van der Waals surface area contributed by atoms with E-state index >= 15 is 0 Å². The molecule has 0 saturated carbocycles. The van der Waals surface area contributed by atoms with E-state index in [9.17, 15) is 0 Å². The standard InChI is InChI=1S/C19H20ClN3O3/c1-4-9-26-18-10-13(5-7-17(18)25-3)12-22-19(21)23-14-6-8-16(24-2)15(20)11-14/h1,5-8,10-11H,9,12H2,2-3H3,(H3,21,22,23). The maximum atomic E-state index is 6.09. The zero-order valence-corrected chi connectivity index (χ0v) is 15.3. The van der Waals surface area contributed by atoms with Crippen LogP contribution in [0.1, 0.15) is 5.56 Å². The van der Waals surface area contributed by atoms with Crippen molar-refractivity contribution in [3.63, 3.8) is 0 Å². The predicted molar refractivity (Wildman–Crippen MR) is 104 cm³/mol. The minimum Gasteiger partial charge on any atom is -0.495 e. The smallest absolute Gasteiger partial charge is 0.193 e. The maximum absolute atomic E-state index is 6.09. The first-order valence-corrected chi connectivity index (χ1v) is 8.08. The van der Waals surface area contributed by atoms with Crippen molar-refractivity contribution >= 4 is 23.2 Å². The van der Waals surface area contributed by atoms with E-state index in [4.69, 9.17) is 38.0 Å². The molecule has 0 radical (unpaired) electrons. The van der Waals surface area contributed by atoms with Gasteiger partial charge >= 0.3 is 0 Å². The second kappa shape index (κ2) is 9.44. The van der Waals surface area contributed by atoms with Crippen molar-refractivity contribution in [1.29, 1.82) is 0 Å². The summed E-state index contributed by atoms with van der Waals surface area (Å²) in [7, 11) is 3.12. The first-order valence-electron chi connectivity index (χ1n) is 7.71. The van der Waals surface area contributed by atoms with Gasteiger partial charge in [-0.05, 0) is 35.9 Å². The molecule has 2 rings (SSSR count). The summed E-state index contributed by atoms with van der Waals surface area (Å²) in [6.45, 7) is 0.518. The Kier molecular flexibility index (Phi) is 7.01. The Morgan fingerprint density at radius 1 is 1.15 bits per heavy atom. The fraction of sp³-hybridized carbons (Fsp3) is 0.211.